The van der Waals surface area contributed by atoms with Crippen LogP contribution in [0.5, 0.6) is 0 Å². The van der Waals surface area contributed by atoms with Gasteiger partial charge in [-0.05, 0) is 56.8 Å². The Kier molecular flexibility index (Phi) is 3.72. The Morgan fingerprint density at radius 1 is 0.533 bits per heavy atom. The molecule has 0 radical (unpaired) electrons. The molecular formula is C28H19NO. The number of pyridine rings is 1. The monoisotopic (exact) mass is 385 g/mol. The standard InChI is InChI=1S/C28H19NO/c30-28-25-14-4-3-12-23(25)24-13-5-6-15-27(24)29(28)18-22-11-7-10-21-16-19-8-1-2-9-20(19)17-26(21)22/h1-17H,18H2. The molecule has 0 saturated carbocycles. The zero-order chi connectivity index (χ0) is 20.1. The number of benzene rings is 5. The Balaban J connectivity index is 1.64. The fraction of sp³-hybridized carbons (Fsp3) is 0.0357. The van der Waals surface area contributed by atoms with Crippen molar-refractivity contribution in [2.24, 2.45) is 0 Å². The Morgan fingerprint density at radius 2 is 1.17 bits per heavy atom. The summed E-state index contributed by atoms with van der Waals surface area (Å²) < 4.78 is 1.92. The van der Waals surface area contributed by atoms with Crippen LogP contribution in [0.2, 0.25) is 0 Å². The predicted molar refractivity (Wildman–Crippen MR) is 126 cm³/mol. The summed E-state index contributed by atoms with van der Waals surface area (Å²) in [6.45, 7) is 0.542. The lowest BCUT2D eigenvalue weighted by Gasteiger charge is -2.15. The van der Waals surface area contributed by atoms with Gasteiger partial charge in [0, 0.05) is 10.8 Å². The van der Waals surface area contributed by atoms with Crippen LogP contribution in [0.4, 0.5) is 0 Å². The summed E-state index contributed by atoms with van der Waals surface area (Å²) in [5.41, 5.74) is 2.18. The maximum atomic E-state index is 13.5. The molecule has 1 aromatic heterocycles. The van der Waals surface area contributed by atoms with Crippen LogP contribution in [-0.2, 0) is 6.54 Å². The highest BCUT2D eigenvalue weighted by molar-refractivity contribution is 6.05. The number of hydrogen-bond donors (Lipinski definition) is 0. The van der Waals surface area contributed by atoms with E-state index in [0.29, 0.717) is 6.54 Å². The third-order valence-electron chi connectivity index (χ3n) is 6.05. The molecule has 0 atom stereocenters. The second-order valence-corrected chi connectivity index (χ2v) is 7.79. The lowest BCUT2D eigenvalue weighted by molar-refractivity contribution is 0.808. The highest BCUT2D eigenvalue weighted by atomic mass is 16.1. The first kappa shape index (κ1) is 17.0. The molecule has 0 saturated heterocycles. The molecule has 0 aliphatic carbocycles. The summed E-state index contributed by atoms with van der Waals surface area (Å²) in [4.78, 5) is 13.5. The smallest absolute Gasteiger partial charge is 0.259 e. The van der Waals surface area contributed by atoms with Gasteiger partial charge < -0.3 is 4.57 Å². The average Bonchev–Trinajstić information content (AvgIpc) is 2.80. The van der Waals surface area contributed by atoms with E-state index in [2.05, 4.69) is 60.7 Å². The highest BCUT2D eigenvalue weighted by Crippen LogP contribution is 2.28. The average molecular weight is 385 g/mol. The molecule has 1 heterocycles. The molecule has 142 valence electrons. The zero-order valence-corrected chi connectivity index (χ0v) is 16.4. The molecular weight excluding hydrogens is 366 g/mol. The van der Waals surface area contributed by atoms with Crippen LogP contribution < -0.4 is 5.56 Å². The van der Waals surface area contributed by atoms with E-state index in [9.17, 15) is 4.79 Å². The molecule has 0 bridgehead atoms. The summed E-state index contributed by atoms with van der Waals surface area (Å²) in [6.07, 6.45) is 0. The predicted octanol–water partition coefficient (Wildman–Crippen LogP) is 6.51. The van der Waals surface area contributed by atoms with Crippen molar-refractivity contribution >= 4 is 43.2 Å². The fourth-order valence-corrected chi connectivity index (χ4v) is 4.59. The van der Waals surface area contributed by atoms with E-state index in [1.165, 1.54) is 21.5 Å². The van der Waals surface area contributed by atoms with E-state index < -0.39 is 0 Å². The summed E-state index contributed by atoms with van der Waals surface area (Å²) in [6, 6.07) is 35.3. The maximum absolute atomic E-state index is 13.5. The molecule has 5 aromatic carbocycles. The molecule has 0 aliphatic heterocycles. The van der Waals surface area contributed by atoms with Crippen LogP contribution in [0.1, 0.15) is 5.56 Å². The van der Waals surface area contributed by atoms with E-state index >= 15 is 0 Å². The molecule has 2 nitrogen and oxygen atoms in total. The Labute approximate surface area is 173 Å². The topological polar surface area (TPSA) is 22.0 Å². The number of aromatic nitrogens is 1. The van der Waals surface area contributed by atoms with E-state index in [-0.39, 0.29) is 5.56 Å². The van der Waals surface area contributed by atoms with Crippen LogP contribution in [0.15, 0.2) is 108 Å². The third kappa shape index (κ3) is 2.54. The van der Waals surface area contributed by atoms with Crippen LogP contribution in [0.3, 0.4) is 0 Å². The van der Waals surface area contributed by atoms with Crippen molar-refractivity contribution < 1.29 is 0 Å². The van der Waals surface area contributed by atoms with E-state index in [1.807, 2.05) is 47.0 Å². The van der Waals surface area contributed by atoms with Gasteiger partial charge in [-0.3, -0.25) is 4.79 Å². The van der Waals surface area contributed by atoms with Crippen molar-refractivity contribution in [3.05, 3.63) is 119 Å². The minimum absolute atomic E-state index is 0.0575. The first-order valence-electron chi connectivity index (χ1n) is 10.2. The van der Waals surface area contributed by atoms with Gasteiger partial charge in [-0.1, -0.05) is 78.9 Å². The van der Waals surface area contributed by atoms with Gasteiger partial charge in [0.25, 0.3) is 5.56 Å². The lowest BCUT2D eigenvalue weighted by Crippen LogP contribution is -2.21. The number of rotatable bonds is 2. The second kappa shape index (κ2) is 6.57. The van der Waals surface area contributed by atoms with Crippen LogP contribution in [0.25, 0.3) is 43.2 Å². The largest absolute Gasteiger partial charge is 0.303 e. The summed E-state index contributed by atoms with van der Waals surface area (Å²) in [5.74, 6) is 0. The lowest BCUT2D eigenvalue weighted by atomic mass is 9.99. The van der Waals surface area contributed by atoms with Crippen molar-refractivity contribution in [3.63, 3.8) is 0 Å². The van der Waals surface area contributed by atoms with E-state index in [0.717, 1.165) is 27.2 Å². The van der Waals surface area contributed by atoms with Gasteiger partial charge in [-0.25, -0.2) is 0 Å². The molecule has 0 fully saturated rings. The Morgan fingerprint density at radius 3 is 2.00 bits per heavy atom. The molecule has 6 aromatic rings. The summed E-state index contributed by atoms with van der Waals surface area (Å²) in [7, 11) is 0. The quantitative estimate of drug-likeness (QED) is 0.246. The number of nitrogens with zero attached hydrogens (tertiary/aromatic N) is 1. The molecule has 30 heavy (non-hydrogen) atoms. The molecule has 2 heteroatoms. The second-order valence-electron chi connectivity index (χ2n) is 7.79. The van der Waals surface area contributed by atoms with Crippen molar-refractivity contribution in [2.45, 2.75) is 6.54 Å². The van der Waals surface area contributed by atoms with E-state index in [4.69, 9.17) is 0 Å². The number of hydrogen-bond acceptors (Lipinski definition) is 1. The first-order valence-corrected chi connectivity index (χ1v) is 10.2. The van der Waals surface area contributed by atoms with Gasteiger partial charge in [-0.2, -0.15) is 0 Å². The Hall–Kier alpha value is -3.91. The van der Waals surface area contributed by atoms with Crippen LogP contribution in [0, 0.1) is 0 Å². The van der Waals surface area contributed by atoms with Gasteiger partial charge in [0.15, 0.2) is 0 Å². The van der Waals surface area contributed by atoms with Gasteiger partial charge >= 0.3 is 0 Å². The molecule has 0 unspecified atom stereocenters. The van der Waals surface area contributed by atoms with E-state index in [1.54, 1.807) is 0 Å². The summed E-state index contributed by atoms with van der Waals surface area (Å²) in [5, 5.41) is 7.73. The minimum atomic E-state index is 0.0575. The number of para-hydroxylation sites is 1. The van der Waals surface area contributed by atoms with Crippen molar-refractivity contribution in [2.75, 3.05) is 0 Å². The SMILES string of the molecule is O=c1c2ccccc2c2ccccc2n1Cc1cccc2cc3ccccc3cc12. The van der Waals surface area contributed by atoms with Gasteiger partial charge in [0.1, 0.15) is 0 Å². The first-order chi connectivity index (χ1) is 14.8. The fourth-order valence-electron chi connectivity index (χ4n) is 4.59. The molecule has 6 rings (SSSR count). The minimum Gasteiger partial charge on any atom is -0.303 e. The maximum Gasteiger partial charge on any atom is 0.259 e. The van der Waals surface area contributed by atoms with Gasteiger partial charge in [0.05, 0.1) is 12.1 Å². The van der Waals surface area contributed by atoms with Crippen LogP contribution >= 0.6 is 0 Å². The van der Waals surface area contributed by atoms with Crippen molar-refractivity contribution in [1.82, 2.24) is 4.57 Å². The molecule has 0 amide bonds. The normalized spacial score (nSPS) is 11.6. The van der Waals surface area contributed by atoms with Crippen LogP contribution in [-0.4, -0.2) is 4.57 Å². The molecule has 0 N–H and O–H groups in total. The van der Waals surface area contributed by atoms with Crippen molar-refractivity contribution in [1.29, 1.82) is 0 Å². The Bertz CT molecular complexity index is 1640. The van der Waals surface area contributed by atoms with Gasteiger partial charge in [-0.15, -0.1) is 0 Å². The van der Waals surface area contributed by atoms with Gasteiger partial charge in [0.2, 0.25) is 0 Å². The third-order valence-corrected chi connectivity index (χ3v) is 6.05. The number of fused-ring (bicyclic) bond motifs is 5. The van der Waals surface area contributed by atoms with Crippen molar-refractivity contribution in [3.8, 4) is 0 Å². The molecule has 0 spiro atoms. The molecule has 0 aliphatic rings. The zero-order valence-electron chi connectivity index (χ0n) is 16.4. The highest BCUT2D eigenvalue weighted by Gasteiger charge is 2.12. The summed E-state index contributed by atoms with van der Waals surface area (Å²) >= 11 is 0.